The molecule has 0 unspecified atom stereocenters. The van der Waals surface area contributed by atoms with Crippen LogP contribution in [0.1, 0.15) is 38.2 Å². The van der Waals surface area contributed by atoms with Gasteiger partial charge in [-0.15, -0.1) is 0 Å². The van der Waals surface area contributed by atoms with Crippen LogP contribution in [0.4, 0.5) is 5.69 Å². The van der Waals surface area contributed by atoms with Crippen molar-refractivity contribution in [3.05, 3.63) is 54.1 Å². The highest BCUT2D eigenvalue weighted by atomic mass is 32.2. The highest BCUT2D eigenvalue weighted by Gasteiger charge is 2.30. The van der Waals surface area contributed by atoms with Gasteiger partial charge in [-0.1, -0.05) is 37.1 Å². The quantitative estimate of drug-likeness (QED) is 0.670. The molecular formula is C23H27NO5S. The molecule has 0 aromatic heterocycles. The smallest absolute Gasteiger partial charge is 0.262 e. The summed E-state index contributed by atoms with van der Waals surface area (Å²) in [6, 6.07) is 11.8. The summed E-state index contributed by atoms with van der Waals surface area (Å²) >= 11 is 0. The van der Waals surface area contributed by atoms with Crippen molar-refractivity contribution < 1.29 is 22.7 Å². The first-order valence-electron chi connectivity index (χ1n) is 10.0. The van der Waals surface area contributed by atoms with E-state index < -0.39 is 9.84 Å². The Morgan fingerprint density at radius 2 is 1.90 bits per heavy atom. The number of nitrogens with one attached hydrogen (secondary N) is 1. The Labute approximate surface area is 177 Å². The van der Waals surface area contributed by atoms with E-state index in [1.807, 2.05) is 31.2 Å². The lowest BCUT2D eigenvalue weighted by molar-refractivity contribution is -0.118. The molecule has 1 fully saturated rings. The van der Waals surface area contributed by atoms with Gasteiger partial charge in [-0.25, -0.2) is 8.42 Å². The highest BCUT2D eigenvalue weighted by molar-refractivity contribution is 7.92. The molecule has 0 atom stereocenters. The van der Waals surface area contributed by atoms with Crippen LogP contribution in [0.25, 0.3) is 6.08 Å². The average Bonchev–Trinajstić information content (AvgIpc) is 3.29. The van der Waals surface area contributed by atoms with Crippen LogP contribution in [0.5, 0.6) is 11.5 Å². The van der Waals surface area contributed by atoms with Crippen LogP contribution in [0.15, 0.2) is 53.4 Å². The van der Waals surface area contributed by atoms with Crippen LogP contribution in [0.2, 0.25) is 0 Å². The van der Waals surface area contributed by atoms with Crippen LogP contribution >= 0.6 is 0 Å². The van der Waals surface area contributed by atoms with E-state index in [0.29, 0.717) is 30.0 Å². The Balaban J connectivity index is 1.64. The largest absolute Gasteiger partial charge is 0.493 e. The van der Waals surface area contributed by atoms with E-state index >= 15 is 0 Å². The second kappa shape index (κ2) is 9.80. The van der Waals surface area contributed by atoms with Gasteiger partial charge < -0.3 is 14.8 Å². The number of carbonyl (C=O) groups excluding carboxylic acids is 1. The third kappa shape index (κ3) is 5.21. The van der Waals surface area contributed by atoms with E-state index in [-0.39, 0.29) is 22.7 Å². The third-order valence-corrected chi connectivity index (χ3v) is 7.35. The van der Waals surface area contributed by atoms with Crippen molar-refractivity contribution in [2.45, 2.75) is 42.8 Å². The van der Waals surface area contributed by atoms with Crippen LogP contribution in [0, 0.1) is 0 Å². The molecule has 2 aromatic rings. The number of allylic oxidation sites excluding steroid dienone is 1. The van der Waals surface area contributed by atoms with E-state index in [1.54, 1.807) is 24.3 Å². The lowest BCUT2D eigenvalue weighted by atomic mass is 10.2. The molecule has 1 amide bonds. The van der Waals surface area contributed by atoms with E-state index in [4.69, 9.17) is 9.47 Å². The summed E-state index contributed by atoms with van der Waals surface area (Å²) in [5.74, 6) is 0.603. The van der Waals surface area contributed by atoms with Crippen molar-refractivity contribution in [3.63, 3.8) is 0 Å². The molecule has 160 valence electrons. The van der Waals surface area contributed by atoms with Crippen LogP contribution in [-0.4, -0.2) is 33.3 Å². The van der Waals surface area contributed by atoms with Gasteiger partial charge in [0.1, 0.15) is 0 Å². The molecule has 2 aromatic carbocycles. The normalized spacial score (nSPS) is 14.7. The molecule has 1 saturated carbocycles. The molecule has 30 heavy (non-hydrogen) atoms. The number of benzene rings is 2. The topological polar surface area (TPSA) is 81.7 Å². The molecule has 0 aliphatic heterocycles. The van der Waals surface area contributed by atoms with Gasteiger partial charge in [-0.05, 0) is 55.7 Å². The number of rotatable bonds is 8. The third-order valence-electron chi connectivity index (χ3n) is 5.09. The first-order valence-corrected chi connectivity index (χ1v) is 11.6. The lowest BCUT2D eigenvalue weighted by Crippen LogP contribution is -2.21. The molecule has 0 spiro atoms. The molecule has 3 rings (SSSR count). The van der Waals surface area contributed by atoms with Crippen LogP contribution in [0.3, 0.4) is 0 Å². The Hall–Kier alpha value is -2.80. The first kappa shape index (κ1) is 21.9. The van der Waals surface area contributed by atoms with Gasteiger partial charge in [0.2, 0.25) is 0 Å². The zero-order valence-electron chi connectivity index (χ0n) is 17.3. The molecule has 1 aliphatic carbocycles. The molecule has 6 nitrogen and oxygen atoms in total. The first-order chi connectivity index (χ1) is 14.4. The van der Waals surface area contributed by atoms with Gasteiger partial charge >= 0.3 is 0 Å². The Bertz CT molecular complexity index is 1020. The fraction of sp³-hybridized carbons (Fsp3) is 0.348. The van der Waals surface area contributed by atoms with E-state index in [0.717, 1.165) is 18.4 Å². The van der Waals surface area contributed by atoms with Crippen molar-refractivity contribution in [2.24, 2.45) is 0 Å². The summed E-state index contributed by atoms with van der Waals surface area (Å²) in [6.07, 6.45) is 7.13. The fourth-order valence-corrected chi connectivity index (χ4v) is 5.48. The Kier molecular flexibility index (Phi) is 7.15. The summed E-state index contributed by atoms with van der Waals surface area (Å²) < 4.78 is 36.5. The summed E-state index contributed by atoms with van der Waals surface area (Å²) in [6.45, 7) is 1.70. The highest BCUT2D eigenvalue weighted by Crippen LogP contribution is 2.31. The Morgan fingerprint density at radius 1 is 1.13 bits per heavy atom. The lowest BCUT2D eigenvalue weighted by Gasteiger charge is -2.13. The van der Waals surface area contributed by atoms with Gasteiger partial charge in [0.15, 0.2) is 27.9 Å². The van der Waals surface area contributed by atoms with Crippen LogP contribution < -0.4 is 14.8 Å². The molecule has 0 saturated heterocycles. The SMILES string of the molecule is C/C=C/c1ccc(OCC(=O)Nc2cccc(S(=O)(=O)C3CCCC3)c2)c(OC)c1. The Morgan fingerprint density at radius 3 is 2.60 bits per heavy atom. The summed E-state index contributed by atoms with van der Waals surface area (Å²) in [5, 5.41) is 2.38. The molecule has 1 N–H and O–H groups in total. The van der Waals surface area contributed by atoms with E-state index in [1.165, 1.54) is 13.2 Å². The van der Waals surface area contributed by atoms with Crippen molar-refractivity contribution in [2.75, 3.05) is 19.0 Å². The van der Waals surface area contributed by atoms with Crippen LogP contribution in [-0.2, 0) is 14.6 Å². The van der Waals surface area contributed by atoms with Crippen molar-refractivity contribution in [1.82, 2.24) is 0 Å². The maximum absolute atomic E-state index is 12.8. The minimum absolute atomic E-state index is 0.223. The summed E-state index contributed by atoms with van der Waals surface area (Å²) in [7, 11) is -1.84. The summed E-state index contributed by atoms with van der Waals surface area (Å²) in [4.78, 5) is 12.6. The molecule has 0 radical (unpaired) electrons. The van der Waals surface area contributed by atoms with Gasteiger partial charge in [0, 0.05) is 5.69 Å². The van der Waals surface area contributed by atoms with Crippen molar-refractivity contribution >= 4 is 27.5 Å². The van der Waals surface area contributed by atoms with Gasteiger partial charge in [0.25, 0.3) is 5.91 Å². The standard InChI is InChI=1S/C23H27NO5S/c1-3-7-17-12-13-21(22(14-17)28-2)29-16-23(25)24-18-8-6-11-20(15-18)30(26,27)19-9-4-5-10-19/h3,6-8,11-15,19H,4-5,9-10,16H2,1-2H3,(H,24,25)/b7-3+. The molecular weight excluding hydrogens is 402 g/mol. The minimum Gasteiger partial charge on any atom is -0.493 e. The number of methoxy groups -OCH3 is 1. The number of ether oxygens (including phenoxy) is 2. The number of carbonyl (C=O) groups is 1. The minimum atomic E-state index is -3.37. The number of hydrogen-bond acceptors (Lipinski definition) is 5. The van der Waals surface area contributed by atoms with Crippen molar-refractivity contribution in [3.8, 4) is 11.5 Å². The number of anilines is 1. The van der Waals surface area contributed by atoms with E-state index in [9.17, 15) is 13.2 Å². The van der Waals surface area contributed by atoms with Gasteiger partial charge in [-0.2, -0.15) is 0 Å². The van der Waals surface area contributed by atoms with Crippen molar-refractivity contribution in [1.29, 1.82) is 0 Å². The fourth-order valence-electron chi connectivity index (χ4n) is 3.58. The maximum Gasteiger partial charge on any atom is 0.262 e. The zero-order valence-corrected chi connectivity index (χ0v) is 18.1. The average molecular weight is 430 g/mol. The predicted octanol–water partition coefficient (Wildman–Crippen LogP) is 4.46. The predicted molar refractivity (Wildman–Crippen MR) is 118 cm³/mol. The number of hydrogen-bond donors (Lipinski definition) is 1. The monoisotopic (exact) mass is 429 g/mol. The second-order valence-corrected chi connectivity index (χ2v) is 9.45. The zero-order chi connectivity index (χ0) is 21.6. The number of sulfone groups is 1. The van der Waals surface area contributed by atoms with E-state index in [2.05, 4.69) is 5.32 Å². The molecule has 7 heteroatoms. The molecule has 1 aliphatic rings. The second-order valence-electron chi connectivity index (χ2n) is 7.23. The van der Waals surface area contributed by atoms with Gasteiger partial charge in [0.05, 0.1) is 17.3 Å². The van der Waals surface area contributed by atoms with Gasteiger partial charge in [-0.3, -0.25) is 4.79 Å². The maximum atomic E-state index is 12.8. The molecule has 0 heterocycles. The summed E-state index contributed by atoms with van der Waals surface area (Å²) in [5.41, 5.74) is 1.39. The number of amides is 1. The molecule has 0 bridgehead atoms.